The number of carbonyl (C=O) groups is 1. The Kier molecular flexibility index (Phi) is 8.59. The quantitative estimate of drug-likeness (QED) is 0.234. The summed E-state index contributed by atoms with van der Waals surface area (Å²) < 4.78 is 84.7. The van der Waals surface area contributed by atoms with Crippen molar-refractivity contribution in [3.63, 3.8) is 0 Å². The molecule has 6 rings (SSSR count). The molecule has 4 heterocycles. The van der Waals surface area contributed by atoms with Crippen LogP contribution in [0.2, 0.25) is 0 Å². The Labute approximate surface area is 243 Å². The van der Waals surface area contributed by atoms with Gasteiger partial charge in [-0.05, 0) is 53.1 Å². The predicted molar refractivity (Wildman–Crippen MR) is 142 cm³/mol. The van der Waals surface area contributed by atoms with Crippen molar-refractivity contribution in [2.75, 3.05) is 13.1 Å². The van der Waals surface area contributed by atoms with Gasteiger partial charge >= 0.3 is 6.18 Å². The van der Waals surface area contributed by atoms with Gasteiger partial charge < -0.3 is 19.6 Å². The average molecular weight is 621 g/mol. The van der Waals surface area contributed by atoms with E-state index in [0.717, 1.165) is 30.3 Å². The molecule has 10 nitrogen and oxygen atoms in total. The summed E-state index contributed by atoms with van der Waals surface area (Å²) in [5.41, 5.74) is 2.57. The molecule has 226 valence electrons. The van der Waals surface area contributed by atoms with E-state index in [4.69, 9.17) is 13.9 Å². The number of aliphatic hydroxyl groups is 1. The molecule has 2 aliphatic heterocycles. The summed E-state index contributed by atoms with van der Waals surface area (Å²) in [6.45, 7) is 1.76. The third-order valence-corrected chi connectivity index (χ3v) is 8.46. The molecule has 4 aromatic rings. The highest BCUT2D eigenvalue weighted by Crippen LogP contribution is 2.33. The number of halogens is 4. The maximum absolute atomic E-state index is 14.7. The van der Waals surface area contributed by atoms with E-state index in [9.17, 15) is 31.1 Å². The lowest BCUT2D eigenvalue weighted by Gasteiger charge is -2.28. The molecule has 2 aliphatic rings. The number of benzene rings is 2. The van der Waals surface area contributed by atoms with E-state index in [1.165, 1.54) is 28.9 Å². The van der Waals surface area contributed by atoms with Crippen LogP contribution in [0.4, 0.5) is 17.6 Å². The van der Waals surface area contributed by atoms with Crippen LogP contribution in [-0.2, 0) is 27.9 Å². The zero-order valence-electron chi connectivity index (χ0n) is 22.2. The molecule has 2 N–H and O–H groups in total. The van der Waals surface area contributed by atoms with Gasteiger partial charge in [-0.2, -0.15) is 17.5 Å². The first-order valence-electron chi connectivity index (χ1n) is 12.8. The van der Waals surface area contributed by atoms with E-state index in [1.54, 1.807) is 24.4 Å². The van der Waals surface area contributed by atoms with Crippen molar-refractivity contribution in [1.82, 2.24) is 19.6 Å². The Balaban J connectivity index is 0.000000559. The molecule has 0 bridgehead atoms. The van der Waals surface area contributed by atoms with Crippen LogP contribution in [0.5, 0.6) is 5.75 Å². The fourth-order valence-corrected chi connectivity index (χ4v) is 5.80. The number of aldehydes is 1. The number of nitrogens with zero attached hydrogens (tertiary/aromatic N) is 3. The van der Waals surface area contributed by atoms with Crippen molar-refractivity contribution in [3.05, 3.63) is 95.4 Å². The van der Waals surface area contributed by atoms with Gasteiger partial charge in [-0.3, -0.25) is 9.78 Å². The summed E-state index contributed by atoms with van der Waals surface area (Å²) >= 11 is 0. The minimum absolute atomic E-state index is 0.0735. The second-order valence-corrected chi connectivity index (χ2v) is 11.6. The lowest BCUT2D eigenvalue weighted by atomic mass is 10.0. The molecule has 0 amide bonds. The maximum Gasteiger partial charge on any atom is 0.446 e. The summed E-state index contributed by atoms with van der Waals surface area (Å²) in [6.07, 6.45) is -2.31. The second kappa shape index (κ2) is 12.2. The molecule has 1 saturated heterocycles. The van der Waals surface area contributed by atoms with E-state index in [2.05, 4.69) is 15.3 Å². The lowest BCUT2D eigenvalue weighted by Crippen LogP contribution is -2.50. The van der Waals surface area contributed by atoms with Crippen LogP contribution in [0.1, 0.15) is 28.5 Å². The number of aliphatic hydroxyl groups excluding tert-OH is 1. The molecule has 2 aromatic carbocycles. The molecule has 1 atom stereocenters. The van der Waals surface area contributed by atoms with Crippen LogP contribution in [-0.4, -0.2) is 59.5 Å². The van der Waals surface area contributed by atoms with Gasteiger partial charge in [-0.25, -0.2) is 17.8 Å². The number of sulfonamides is 1. The molecule has 15 heteroatoms. The lowest BCUT2D eigenvalue weighted by molar-refractivity contribution is -0.156. The maximum atomic E-state index is 14.7. The Hall–Kier alpha value is -4.18. The third-order valence-electron chi connectivity index (χ3n) is 6.67. The molecule has 0 saturated carbocycles. The predicted octanol–water partition coefficient (Wildman–Crippen LogP) is 3.76. The molecule has 0 aliphatic carbocycles. The largest absolute Gasteiger partial charge is 0.488 e. The average Bonchev–Trinajstić information content (AvgIpc) is 3.65. The first-order chi connectivity index (χ1) is 20.4. The van der Waals surface area contributed by atoms with Crippen molar-refractivity contribution in [2.45, 2.75) is 36.4 Å². The van der Waals surface area contributed by atoms with Gasteiger partial charge in [-0.15, -0.1) is 0 Å². The molecular formula is C28H24F4N4O6S. The fraction of sp³-hybridized carbons (Fsp3) is 0.250. The summed E-state index contributed by atoms with van der Waals surface area (Å²) in [5, 5.41) is 14.1. The summed E-state index contributed by atoms with van der Waals surface area (Å²) in [7, 11) is -3.98. The molecule has 2 aromatic heterocycles. The minimum atomic E-state index is -4.64. The normalized spacial score (nSPS) is 16.0. The van der Waals surface area contributed by atoms with Crippen molar-refractivity contribution in [3.8, 4) is 17.2 Å². The van der Waals surface area contributed by atoms with Crippen LogP contribution in [0.25, 0.3) is 11.5 Å². The molecule has 43 heavy (non-hydrogen) atoms. The van der Waals surface area contributed by atoms with E-state index < -0.39 is 34.4 Å². The summed E-state index contributed by atoms with van der Waals surface area (Å²) in [4.78, 5) is 16.8. The first kappa shape index (κ1) is 30.3. The van der Waals surface area contributed by atoms with E-state index in [1.807, 2.05) is 12.1 Å². The summed E-state index contributed by atoms with van der Waals surface area (Å²) in [5.74, 6) is -0.000942. The van der Waals surface area contributed by atoms with Crippen LogP contribution in [0, 0.1) is 5.82 Å². The molecule has 0 spiro atoms. The van der Waals surface area contributed by atoms with Crippen LogP contribution in [0.15, 0.2) is 76.5 Å². The van der Waals surface area contributed by atoms with Gasteiger partial charge in [0.25, 0.3) is 0 Å². The zero-order chi connectivity index (χ0) is 30.8. The van der Waals surface area contributed by atoms with Gasteiger partial charge in [0.1, 0.15) is 30.0 Å². The first-order valence-corrected chi connectivity index (χ1v) is 14.2. The number of hydrogen-bond donors (Lipinski definition) is 2. The van der Waals surface area contributed by atoms with Gasteiger partial charge in [-0.1, -0.05) is 12.1 Å². The number of fused-ring (bicyclic) bond motifs is 1. The Morgan fingerprint density at radius 3 is 2.47 bits per heavy atom. The molecular weight excluding hydrogens is 596 g/mol. The number of aromatic nitrogens is 2. The van der Waals surface area contributed by atoms with Gasteiger partial charge in [0, 0.05) is 32.4 Å². The standard InChI is InChI=1S/C26H23FN4O5S.C2HF3O/c27-23-10-21(4-5-22(23)26-29-6-7-35-26)37(33,34)31-14-17-9-24(30-11-18(17)15-31)25(32)16-2-1-3-19(8-16)36-20-12-28-13-20;3-2(4,5)1-6/h1-11,20,25,28,32H,12-15H2;1H. The molecule has 0 radical (unpaired) electrons. The highest BCUT2D eigenvalue weighted by atomic mass is 32.2. The van der Waals surface area contributed by atoms with Crippen LogP contribution >= 0.6 is 0 Å². The number of rotatable bonds is 7. The van der Waals surface area contributed by atoms with Crippen LogP contribution < -0.4 is 10.1 Å². The molecule has 1 fully saturated rings. The van der Waals surface area contributed by atoms with Crippen molar-refractivity contribution in [1.29, 1.82) is 0 Å². The number of hydrogen-bond acceptors (Lipinski definition) is 9. The zero-order valence-corrected chi connectivity index (χ0v) is 23.0. The van der Waals surface area contributed by atoms with Gasteiger partial charge in [0.15, 0.2) is 0 Å². The van der Waals surface area contributed by atoms with Crippen molar-refractivity contribution < 1.29 is 45.0 Å². The number of ether oxygens (including phenoxy) is 1. The monoisotopic (exact) mass is 620 g/mol. The number of oxazole rings is 1. The number of alkyl halides is 3. The number of nitrogens with one attached hydrogen (secondary N) is 1. The topological polar surface area (TPSA) is 135 Å². The smallest absolute Gasteiger partial charge is 0.446 e. The highest BCUT2D eigenvalue weighted by molar-refractivity contribution is 7.89. The van der Waals surface area contributed by atoms with E-state index >= 15 is 0 Å². The van der Waals surface area contributed by atoms with Crippen molar-refractivity contribution >= 4 is 16.3 Å². The van der Waals surface area contributed by atoms with E-state index in [0.29, 0.717) is 17.0 Å². The minimum Gasteiger partial charge on any atom is -0.488 e. The Bertz CT molecular complexity index is 1710. The van der Waals surface area contributed by atoms with Gasteiger partial charge in [0.2, 0.25) is 22.2 Å². The number of carbonyl (C=O) groups excluding carboxylic acids is 1. The van der Waals surface area contributed by atoms with Crippen LogP contribution in [0.3, 0.4) is 0 Å². The third kappa shape index (κ3) is 6.91. The SMILES string of the molecule is O=CC(F)(F)F.O=S(=O)(c1ccc(-c2ncco2)c(F)c1)N1Cc2cnc(C(O)c3cccc(OC4CNC4)c3)cc2C1. The molecule has 1 unspecified atom stereocenters. The Morgan fingerprint density at radius 1 is 1.09 bits per heavy atom. The number of pyridine rings is 1. The fourth-order valence-electron chi connectivity index (χ4n) is 4.39. The highest BCUT2D eigenvalue weighted by Gasteiger charge is 2.32. The van der Waals surface area contributed by atoms with E-state index in [-0.39, 0.29) is 35.5 Å². The second-order valence-electron chi connectivity index (χ2n) is 9.66. The Morgan fingerprint density at radius 2 is 1.84 bits per heavy atom. The van der Waals surface area contributed by atoms with Gasteiger partial charge in [0.05, 0.1) is 22.3 Å². The van der Waals surface area contributed by atoms with Crippen molar-refractivity contribution in [2.24, 2.45) is 0 Å². The summed E-state index contributed by atoms with van der Waals surface area (Å²) in [6, 6.07) is 12.6.